The molecule has 0 aliphatic rings. The Morgan fingerprint density at radius 3 is 2.27 bits per heavy atom. The van der Waals surface area contributed by atoms with Crippen molar-refractivity contribution >= 4 is 29.6 Å². The number of hydrogen-bond donors (Lipinski definition) is 0. The second kappa shape index (κ2) is 4.42. The van der Waals surface area contributed by atoms with Gasteiger partial charge in [0.1, 0.15) is 9.73 Å². The van der Waals surface area contributed by atoms with Gasteiger partial charge >= 0.3 is 9.24 Å². The molecule has 1 aromatic rings. The van der Waals surface area contributed by atoms with Crippen molar-refractivity contribution in [2.45, 2.75) is 12.1 Å². The largest absolute Gasteiger partial charge is 0.347 e. The fraction of sp³-hybridized carbons (Fsp3) is 0.333. The van der Waals surface area contributed by atoms with Gasteiger partial charge in [-0.3, -0.25) is 0 Å². The molecule has 0 aliphatic carbocycles. The first-order valence-corrected chi connectivity index (χ1v) is 7.80. The summed E-state index contributed by atoms with van der Waals surface area (Å²) >= 11 is 0. The van der Waals surface area contributed by atoms with Gasteiger partial charge in [-0.1, -0.05) is 10.7 Å². The highest BCUT2D eigenvalue weighted by Gasteiger charge is 2.17. The van der Waals surface area contributed by atoms with Gasteiger partial charge < -0.3 is 0 Å². The van der Waals surface area contributed by atoms with Crippen molar-refractivity contribution in [3.05, 3.63) is 18.5 Å². The van der Waals surface area contributed by atoms with E-state index in [2.05, 4.69) is 13.7 Å². The maximum absolute atomic E-state index is 12.0. The second-order valence-corrected chi connectivity index (χ2v) is 7.26. The third-order valence-electron chi connectivity index (χ3n) is 1.43. The highest BCUT2D eigenvalue weighted by Crippen LogP contribution is 2.12. The Balaban J connectivity index is 3.44. The molecule has 0 aliphatic heterocycles. The normalized spacial score (nSPS) is 15.6. The van der Waals surface area contributed by atoms with Crippen molar-refractivity contribution < 1.29 is 12.6 Å². The van der Waals surface area contributed by atoms with E-state index in [0.717, 1.165) is 0 Å². The molecular formula is C6H8ClN3O3S2. The van der Waals surface area contributed by atoms with E-state index in [4.69, 9.17) is 10.7 Å². The minimum absolute atomic E-state index is 0.0248. The number of halogens is 1. The molecule has 0 N–H and O–H groups in total. The number of hydrogen-bond acceptors (Lipinski definition) is 5. The molecule has 1 atom stereocenters. The average molecular weight is 270 g/mol. The van der Waals surface area contributed by atoms with Crippen LogP contribution in [0.4, 0.5) is 0 Å². The standard InChI is InChI=1S/C6H8ClN3O3S2/c1-2-14(11,10-15(7,12)13)6-8-4-3-5-9-6/h3-5H,2H2,1H3/t14-/m1/s1. The molecule has 0 radical (unpaired) electrons. The van der Waals surface area contributed by atoms with Crippen LogP contribution in [-0.2, 0) is 19.0 Å². The molecule has 0 unspecified atom stereocenters. The summed E-state index contributed by atoms with van der Waals surface area (Å²) in [5.41, 5.74) is 0. The minimum Gasteiger partial charge on any atom is -0.240 e. The van der Waals surface area contributed by atoms with E-state index in [-0.39, 0.29) is 10.9 Å². The molecule has 0 bridgehead atoms. The summed E-state index contributed by atoms with van der Waals surface area (Å²) < 4.78 is 36.6. The predicted molar refractivity (Wildman–Crippen MR) is 56.2 cm³/mol. The summed E-state index contributed by atoms with van der Waals surface area (Å²) in [4.78, 5) is 7.40. The summed E-state index contributed by atoms with van der Waals surface area (Å²) in [5.74, 6) is -0.0248. The minimum atomic E-state index is -4.20. The van der Waals surface area contributed by atoms with Crippen molar-refractivity contribution in [1.29, 1.82) is 0 Å². The first-order chi connectivity index (χ1) is 6.87. The van der Waals surface area contributed by atoms with Gasteiger partial charge in [-0.05, 0) is 6.07 Å². The van der Waals surface area contributed by atoms with E-state index in [9.17, 15) is 12.6 Å². The van der Waals surface area contributed by atoms with Crippen molar-refractivity contribution in [2.24, 2.45) is 3.77 Å². The fourth-order valence-electron chi connectivity index (χ4n) is 0.809. The van der Waals surface area contributed by atoms with Crippen molar-refractivity contribution in [3.8, 4) is 0 Å². The molecule has 0 saturated heterocycles. The van der Waals surface area contributed by atoms with Gasteiger partial charge in [-0.25, -0.2) is 14.2 Å². The lowest BCUT2D eigenvalue weighted by atomic mass is 10.7. The average Bonchev–Trinajstić information content (AvgIpc) is 2.16. The van der Waals surface area contributed by atoms with Gasteiger partial charge in [0, 0.05) is 28.8 Å². The third-order valence-corrected chi connectivity index (χ3v) is 5.17. The first kappa shape index (κ1) is 12.3. The van der Waals surface area contributed by atoms with E-state index in [1.165, 1.54) is 25.4 Å². The smallest absolute Gasteiger partial charge is 0.240 e. The van der Waals surface area contributed by atoms with Crippen LogP contribution >= 0.6 is 10.7 Å². The SMILES string of the molecule is CC[S@](=O)(=NS(=O)(=O)Cl)c1ncccn1. The van der Waals surface area contributed by atoms with Gasteiger partial charge in [-0.15, -0.1) is 0 Å². The van der Waals surface area contributed by atoms with Crippen molar-refractivity contribution in [3.63, 3.8) is 0 Å². The summed E-state index contributed by atoms with van der Waals surface area (Å²) in [6, 6.07) is 1.52. The van der Waals surface area contributed by atoms with E-state index in [1.54, 1.807) is 0 Å². The van der Waals surface area contributed by atoms with Crippen LogP contribution < -0.4 is 0 Å². The van der Waals surface area contributed by atoms with Gasteiger partial charge in [0.2, 0.25) is 5.16 Å². The molecule has 9 heteroatoms. The molecule has 0 saturated carbocycles. The molecule has 15 heavy (non-hydrogen) atoms. The highest BCUT2D eigenvalue weighted by molar-refractivity contribution is 8.17. The molecule has 0 aromatic carbocycles. The van der Waals surface area contributed by atoms with Crippen molar-refractivity contribution in [2.75, 3.05) is 5.75 Å². The number of aromatic nitrogens is 2. The van der Waals surface area contributed by atoms with Gasteiger partial charge in [-0.2, -0.15) is 8.42 Å². The Morgan fingerprint density at radius 1 is 1.33 bits per heavy atom. The quantitative estimate of drug-likeness (QED) is 0.598. The number of nitrogens with zero attached hydrogens (tertiary/aromatic N) is 3. The van der Waals surface area contributed by atoms with Gasteiger partial charge in [0.05, 0.1) is 0 Å². The van der Waals surface area contributed by atoms with Crippen LogP contribution in [0, 0.1) is 0 Å². The molecular weight excluding hydrogens is 262 g/mol. The predicted octanol–water partition coefficient (Wildman–Crippen LogP) is 0.807. The maximum atomic E-state index is 12.0. The summed E-state index contributed by atoms with van der Waals surface area (Å²) in [6.45, 7) is 1.52. The van der Waals surface area contributed by atoms with Gasteiger partial charge in [0.15, 0.2) is 0 Å². The molecule has 1 heterocycles. The maximum Gasteiger partial charge on any atom is 0.347 e. The lowest BCUT2D eigenvalue weighted by Crippen LogP contribution is -2.09. The molecule has 1 aromatic heterocycles. The number of rotatable bonds is 3. The highest BCUT2D eigenvalue weighted by atomic mass is 35.7. The molecule has 6 nitrogen and oxygen atoms in total. The van der Waals surface area contributed by atoms with Crippen LogP contribution in [0.15, 0.2) is 27.4 Å². The zero-order chi connectivity index (χ0) is 11.5. The second-order valence-electron chi connectivity index (χ2n) is 2.45. The van der Waals surface area contributed by atoms with E-state index in [0.29, 0.717) is 0 Å². The van der Waals surface area contributed by atoms with Crippen LogP contribution in [0.3, 0.4) is 0 Å². The van der Waals surface area contributed by atoms with Crippen LogP contribution in [0.5, 0.6) is 0 Å². The van der Waals surface area contributed by atoms with E-state index >= 15 is 0 Å². The van der Waals surface area contributed by atoms with Crippen LogP contribution in [0.2, 0.25) is 0 Å². The summed E-state index contributed by atoms with van der Waals surface area (Å²) in [5, 5.41) is -0.128. The Bertz CT molecular complexity index is 548. The molecule has 1 rings (SSSR count). The zero-order valence-electron chi connectivity index (χ0n) is 7.70. The summed E-state index contributed by atoms with van der Waals surface area (Å²) in [6.07, 6.45) is 2.71. The lowest BCUT2D eigenvalue weighted by Gasteiger charge is -2.02. The van der Waals surface area contributed by atoms with E-state index < -0.39 is 19.0 Å². The Hall–Kier alpha value is -0.730. The van der Waals surface area contributed by atoms with Crippen molar-refractivity contribution in [1.82, 2.24) is 9.97 Å². The molecule has 0 fully saturated rings. The molecule has 0 amide bonds. The topological polar surface area (TPSA) is 89.4 Å². The Labute approximate surface area is 92.4 Å². The van der Waals surface area contributed by atoms with Crippen LogP contribution in [-0.4, -0.2) is 28.3 Å². The Kier molecular flexibility index (Phi) is 3.63. The summed E-state index contributed by atoms with van der Waals surface area (Å²) in [7, 11) is -2.46. The lowest BCUT2D eigenvalue weighted by molar-refractivity contribution is 0.611. The molecule has 0 spiro atoms. The first-order valence-electron chi connectivity index (χ1n) is 3.85. The monoisotopic (exact) mass is 269 g/mol. The zero-order valence-corrected chi connectivity index (χ0v) is 10.1. The van der Waals surface area contributed by atoms with Gasteiger partial charge in [0.25, 0.3) is 0 Å². The third kappa shape index (κ3) is 3.40. The fourth-order valence-corrected chi connectivity index (χ4v) is 4.18. The van der Waals surface area contributed by atoms with Crippen LogP contribution in [0.1, 0.15) is 6.92 Å². The van der Waals surface area contributed by atoms with E-state index in [1.807, 2.05) is 0 Å². The Morgan fingerprint density at radius 2 is 1.87 bits per heavy atom. The molecule has 84 valence electrons. The van der Waals surface area contributed by atoms with Crippen LogP contribution in [0.25, 0.3) is 0 Å².